The summed E-state index contributed by atoms with van der Waals surface area (Å²) in [6.45, 7) is 0. The largest absolute Gasteiger partial charge is 0.289 e. The zero-order valence-corrected chi connectivity index (χ0v) is 11.9. The topological polar surface area (TPSA) is 17.1 Å². The molecule has 0 amide bonds. The highest BCUT2D eigenvalue weighted by atomic mass is 35.5. The van der Waals surface area contributed by atoms with Crippen LogP contribution in [-0.2, 0) is 4.79 Å². The lowest BCUT2D eigenvalue weighted by atomic mass is 10.0. The zero-order chi connectivity index (χ0) is 13.4. The van der Waals surface area contributed by atoms with E-state index in [1.807, 2.05) is 48.7 Å². The minimum Gasteiger partial charge on any atom is -0.289 e. The smallest absolute Gasteiger partial charge is 0.193 e. The van der Waals surface area contributed by atoms with Crippen molar-refractivity contribution in [3.05, 3.63) is 57.9 Å². The SMILES string of the molecule is CSC1=c2c(-c3ccccc3)ccc(Cl)c2=CC1=O. The van der Waals surface area contributed by atoms with Crippen molar-refractivity contribution < 1.29 is 4.79 Å². The van der Waals surface area contributed by atoms with Gasteiger partial charge < -0.3 is 0 Å². The van der Waals surface area contributed by atoms with Crippen molar-refractivity contribution in [2.45, 2.75) is 0 Å². The number of carbonyl (C=O) groups is 1. The van der Waals surface area contributed by atoms with Crippen LogP contribution in [0.15, 0.2) is 42.5 Å². The first-order chi connectivity index (χ1) is 9.22. The average Bonchev–Trinajstić information content (AvgIpc) is 2.77. The molecule has 3 heteroatoms. The number of carbonyl (C=O) groups excluding carboxylic acids is 1. The number of rotatable bonds is 2. The third-order valence-corrected chi connectivity index (χ3v) is 4.35. The van der Waals surface area contributed by atoms with Crippen molar-refractivity contribution in [1.29, 1.82) is 0 Å². The lowest BCUT2D eigenvalue weighted by Crippen LogP contribution is -2.26. The van der Waals surface area contributed by atoms with Crippen molar-refractivity contribution in [2.24, 2.45) is 0 Å². The van der Waals surface area contributed by atoms with Crippen molar-refractivity contribution in [3.63, 3.8) is 0 Å². The summed E-state index contributed by atoms with van der Waals surface area (Å²) in [5, 5.41) is 2.45. The summed E-state index contributed by atoms with van der Waals surface area (Å²) in [4.78, 5) is 12.8. The Morgan fingerprint density at radius 2 is 1.79 bits per heavy atom. The Hall–Kier alpha value is -1.51. The predicted molar refractivity (Wildman–Crippen MR) is 82.5 cm³/mol. The number of ketones is 1. The maximum absolute atomic E-state index is 12.0. The van der Waals surface area contributed by atoms with Gasteiger partial charge in [0.2, 0.25) is 0 Å². The lowest BCUT2D eigenvalue weighted by molar-refractivity contribution is -0.108. The second-order valence-electron chi connectivity index (χ2n) is 4.29. The van der Waals surface area contributed by atoms with Crippen LogP contribution in [0.1, 0.15) is 0 Å². The molecule has 3 rings (SSSR count). The van der Waals surface area contributed by atoms with E-state index in [0.717, 1.165) is 26.5 Å². The summed E-state index contributed by atoms with van der Waals surface area (Å²) >= 11 is 7.69. The molecule has 0 heterocycles. The van der Waals surface area contributed by atoms with Crippen molar-refractivity contribution in [1.82, 2.24) is 0 Å². The molecule has 0 spiro atoms. The van der Waals surface area contributed by atoms with E-state index in [4.69, 9.17) is 11.6 Å². The van der Waals surface area contributed by atoms with E-state index in [1.54, 1.807) is 6.08 Å². The third kappa shape index (κ3) is 2.01. The van der Waals surface area contributed by atoms with E-state index in [0.29, 0.717) is 5.02 Å². The fourth-order valence-corrected chi connectivity index (χ4v) is 3.26. The Labute approximate surface area is 120 Å². The second-order valence-corrected chi connectivity index (χ2v) is 5.52. The molecule has 0 aliphatic heterocycles. The van der Waals surface area contributed by atoms with Crippen LogP contribution in [0, 0.1) is 0 Å². The van der Waals surface area contributed by atoms with Crippen LogP contribution in [0.25, 0.3) is 22.1 Å². The standard InChI is InChI=1S/C16H11ClOS/c1-19-16-14(18)9-12-13(17)8-7-11(15(12)16)10-5-3-2-4-6-10/h2-9H,1H3. The molecule has 0 N–H and O–H groups in total. The minimum absolute atomic E-state index is 0.0489. The van der Waals surface area contributed by atoms with Gasteiger partial charge in [-0.05, 0) is 29.5 Å². The van der Waals surface area contributed by atoms with Gasteiger partial charge in [0, 0.05) is 15.5 Å². The van der Waals surface area contributed by atoms with Crippen molar-refractivity contribution >= 4 is 40.1 Å². The third-order valence-electron chi connectivity index (χ3n) is 3.21. The molecule has 94 valence electrons. The normalized spacial score (nSPS) is 13.4. The molecule has 1 aliphatic carbocycles. The van der Waals surface area contributed by atoms with Crippen LogP contribution in [-0.4, -0.2) is 12.0 Å². The average molecular weight is 287 g/mol. The first-order valence-electron chi connectivity index (χ1n) is 5.90. The molecule has 19 heavy (non-hydrogen) atoms. The van der Waals surface area contributed by atoms with E-state index in [-0.39, 0.29) is 5.78 Å². The molecule has 2 aromatic carbocycles. The Balaban J connectivity index is 2.45. The monoisotopic (exact) mass is 286 g/mol. The summed E-state index contributed by atoms with van der Waals surface area (Å²) < 4.78 is 0. The van der Waals surface area contributed by atoms with Gasteiger partial charge in [0.05, 0.1) is 4.91 Å². The van der Waals surface area contributed by atoms with Gasteiger partial charge in [-0.25, -0.2) is 0 Å². The molecule has 1 nitrogen and oxygen atoms in total. The number of thioether (sulfide) groups is 1. The Morgan fingerprint density at radius 1 is 1.05 bits per heavy atom. The molecule has 0 fully saturated rings. The molecule has 0 bridgehead atoms. The summed E-state index contributed by atoms with van der Waals surface area (Å²) in [7, 11) is 0. The number of hydrogen-bond donors (Lipinski definition) is 0. The van der Waals surface area contributed by atoms with Gasteiger partial charge in [-0.3, -0.25) is 4.79 Å². The molecule has 1 aliphatic rings. The highest BCUT2D eigenvalue weighted by molar-refractivity contribution is 8.08. The number of Topliss-reactive ketones (excluding diaryl/α,β-unsaturated/α-hetero) is 1. The van der Waals surface area contributed by atoms with E-state index in [2.05, 4.69) is 0 Å². The minimum atomic E-state index is 0.0489. The second kappa shape index (κ2) is 4.87. The van der Waals surface area contributed by atoms with Gasteiger partial charge in [0.1, 0.15) is 0 Å². The van der Waals surface area contributed by atoms with E-state index in [1.165, 1.54) is 11.8 Å². The highest BCUT2D eigenvalue weighted by Gasteiger charge is 2.18. The molecule has 0 radical (unpaired) electrons. The molecular weight excluding hydrogens is 276 g/mol. The summed E-state index contributed by atoms with van der Waals surface area (Å²) in [5.41, 5.74) is 2.16. The fraction of sp³-hybridized carbons (Fsp3) is 0.0625. The van der Waals surface area contributed by atoms with E-state index >= 15 is 0 Å². The van der Waals surface area contributed by atoms with Crippen molar-refractivity contribution in [2.75, 3.05) is 6.26 Å². The van der Waals surface area contributed by atoms with Crippen LogP contribution in [0.3, 0.4) is 0 Å². The number of fused-ring (bicyclic) bond motifs is 1. The predicted octanol–water partition coefficient (Wildman–Crippen LogP) is 2.84. The number of halogens is 1. The summed E-state index contributed by atoms with van der Waals surface area (Å²) in [6, 6.07) is 13.9. The van der Waals surface area contributed by atoms with Crippen molar-refractivity contribution in [3.8, 4) is 11.1 Å². The van der Waals surface area contributed by atoms with Gasteiger partial charge in [0.15, 0.2) is 5.78 Å². The van der Waals surface area contributed by atoms with Gasteiger partial charge in [-0.2, -0.15) is 0 Å². The van der Waals surface area contributed by atoms with Crippen LogP contribution in [0.5, 0.6) is 0 Å². The molecule has 0 saturated carbocycles. The first-order valence-corrected chi connectivity index (χ1v) is 7.51. The number of hydrogen-bond acceptors (Lipinski definition) is 2. The van der Waals surface area contributed by atoms with Gasteiger partial charge in [-0.1, -0.05) is 48.0 Å². The first kappa shape index (κ1) is 12.5. The lowest BCUT2D eigenvalue weighted by Gasteiger charge is -2.05. The molecular formula is C16H11ClOS. The van der Waals surface area contributed by atoms with E-state index in [9.17, 15) is 4.79 Å². The van der Waals surface area contributed by atoms with Crippen LogP contribution >= 0.6 is 23.4 Å². The fourth-order valence-electron chi connectivity index (χ4n) is 2.36. The van der Waals surface area contributed by atoms with Crippen LogP contribution < -0.4 is 10.4 Å². The maximum atomic E-state index is 12.0. The quantitative estimate of drug-likeness (QED) is 0.844. The molecule has 0 saturated heterocycles. The number of benzene rings is 2. The van der Waals surface area contributed by atoms with Crippen LogP contribution in [0.2, 0.25) is 5.02 Å². The van der Waals surface area contributed by atoms with E-state index < -0.39 is 0 Å². The molecule has 0 unspecified atom stereocenters. The van der Waals surface area contributed by atoms with Gasteiger partial charge >= 0.3 is 0 Å². The Morgan fingerprint density at radius 3 is 2.47 bits per heavy atom. The van der Waals surface area contributed by atoms with Gasteiger partial charge in [0.25, 0.3) is 0 Å². The summed E-state index contributed by atoms with van der Waals surface area (Å²) in [6.07, 6.45) is 3.56. The van der Waals surface area contributed by atoms with Gasteiger partial charge in [-0.15, -0.1) is 11.8 Å². The van der Waals surface area contributed by atoms with Crippen LogP contribution in [0.4, 0.5) is 0 Å². The Bertz CT molecular complexity index is 778. The Kier molecular flexibility index (Phi) is 3.21. The molecule has 0 atom stereocenters. The molecule has 0 aromatic heterocycles. The summed E-state index contributed by atoms with van der Waals surface area (Å²) in [5.74, 6) is 0.0489. The highest BCUT2D eigenvalue weighted by Crippen LogP contribution is 2.22. The maximum Gasteiger partial charge on any atom is 0.193 e. The zero-order valence-electron chi connectivity index (χ0n) is 10.3. The molecule has 2 aromatic rings.